The molecule has 3 nitrogen and oxygen atoms in total. The molecule has 0 bridgehead atoms. The van der Waals surface area contributed by atoms with E-state index in [2.05, 4.69) is 4.90 Å². The number of rotatable bonds is 2. The van der Waals surface area contributed by atoms with E-state index in [1.807, 2.05) is 0 Å². The van der Waals surface area contributed by atoms with Gasteiger partial charge in [0.25, 0.3) is 0 Å². The maximum absolute atomic E-state index is 5.70. The zero-order valence-corrected chi connectivity index (χ0v) is 8.24. The quantitative estimate of drug-likeness (QED) is 0.677. The third kappa shape index (κ3) is 2.22. The van der Waals surface area contributed by atoms with Crippen LogP contribution in [0.15, 0.2) is 0 Å². The molecule has 2 fully saturated rings. The molecule has 76 valence electrons. The zero-order valence-electron chi connectivity index (χ0n) is 8.24. The van der Waals surface area contributed by atoms with Crippen molar-refractivity contribution in [3.05, 3.63) is 0 Å². The van der Waals surface area contributed by atoms with Crippen molar-refractivity contribution in [1.82, 2.24) is 4.90 Å². The van der Waals surface area contributed by atoms with Gasteiger partial charge < -0.3 is 10.5 Å². The number of ether oxygens (including phenoxy) is 1. The molecule has 2 heterocycles. The molecule has 0 aliphatic carbocycles. The molecule has 0 radical (unpaired) electrons. The summed E-state index contributed by atoms with van der Waals surface area (Å²) < 4.78 is 5.22. The first-order valence-electron chi connectivity index (χ1n) is 5.42. The fourth-order valence-electron chi connectivity index (χ4n) is 2.22. The summed E-state index contributed by atoms with van der Waals surface area (Å²) in [6.45, 7) is 5.26. The Hall–Kier alpha value is -0.120. The minimum atomic E-state index is 0.719. The van der Waals surface area contributed by atoms with Crippen LogP contribution in [-0.2, 0) is 4.74 Å². The van der Waals surface area contributed by atoms with Crippen LogP contribution in [0.1, 0.15) is 19.3 Å². The van der Waals surface area contributed by atoms with Crippen molar-refractivity contribution in [3.8, 4) is 0 Å². The minimum absolute atomic E-state index is 0.719. The summed E-state index contributed by atoms with van der Waals surface area (Å²) in [6, 6.07) is 0.719. The minimum Gasteiger partial charge on any atom is -0.378 e. The number of nitrogens with two attached hydrogens (primary N) is 1. The van der Waals surface area contributed by atoms with Crippen molar-refractivity contribution in [2.45, 2.75) is 25.3 Å². The summed E-state index contributed by atoms with van der Waals surface area (Å²) >= 11 is 0. The summed E-state index contributed by atoms with van der Waals surface area (Å²) in [7, 11) is 0. The van der Waals surface area contributed by atoms with Gasteiger partial charge in [0, 0.05) is 0 Å². The van der Waals surface area contributed by atoms with E-state index < -0.39 is 0 Å². The average Bonchev–Trinajstić information content (AvgIpc) is 2.27. The molecular formula is C10H20N2O. The van der Waals surface area contributed by atoms with Crippen LogP contribution in [0.25, 0.3) is 0 Å². The second-order valence-electron chi connectivity index (χ2n) is 4.26. The Kier molecular flexibility index (Phi) is 3.19. The normalized spacial score (nSPS) is 32.5. The van der Waals surface area contributed by atoms with E-state index in [1.165, 1.54) is 32.4 Å². The van der Waals surface area contributed by atoms with Crippen molar-refractivity contribution in [2.75, 3.05) is 32.8 Å². The lowest BCUT2D eigenvalue weighted by atomic mass is 10.0. The van der Waals surface area contributed by atoms with Gasteiger partial charge in [-0.15, -0.1) is 0 Å². The molecule has 0 spiro atoms. The molecule has 2 aliphatic rings. The lowest BCUT2D eigenvalue weighted by Gasteiger charge is -2.36. The Balaban J connectivity index is 1.79. The summed E-state index contributed by atoms with van der Waals surface area (Å²) in [5.41, 5.74) is 5.70. The van der Waals surface area contributed by atoms with E-state index in [0.717, 1.165) is 31.7 Å². The van der Waals surface area contributed by atoms with E-state index in [1.54, 1.807) is 0 Å². The third-order valence-corrected chi connectivity index (χ3v) is 3.35. The highest BCUT2D eigenvalue weighted by molar-refractivity contribution is 4.80. The molecule has 1 atom stereocenters. The number of hydrogen-bond donors (Lipinski definition) is 1. The third-order valence-electron chi connectivity index (χ3n) is 3.35. The van der Waals surface area contributed by atoms with Crippen LogP contribution in [0.3, 0.4) is 0 Å². The molecule has 0 aromatic rings. The van der Waals surface area contributed by atoms with Gasteiger partial charge in [0.05, 0.1) is 19.3 Å². The highest BCUT2D eigenvalue weighted by Crippen LogP contribution is 2.20. The Morgan fingerprint density at radius 1 is 1.23 bits per heavy atom. The van der Waals surface area contributed by atoms with Crippen molar-refractivity contribution in [3.63, 3.8) is 0 Å². The first kappa shape index (κ1) is 9.44. The monoisotopic (exact) mass is 184 g/mol. The molecular weight excluding hydrogens is 164 g/mol. The smallest absolute Gasteiger partial charge is 0.0645 e. The van der Waals surface area contributed by atoms with Crippen LogP contribution >= 0.6 is 0 Å². The van der Waals surface area contributed by atoms with E-state index in [9.17, 15) is 0 Å². The molecule has 2 saturated heterocycles. The number of likely N-dealkylation sites (tertiary alicyclic amines) is 1. The van der Waals surface area contributed by atoms with E-state index in [4.69, 9.17) is 10.5 Å². The van der Waals surface area contributed by atoms with E-state index >= 15 is 0 Å². The molecule has 1 unspecified atom stereocenters. The van der Waals surface area contributed by atoms with Gasteiger partial charge >= 0.3 is 0 Å². The molecule has 0 aromatic carbocycles. The standard InChI is InChI=1S/C10H20N2O/c11-6-9-2-1-4-12(5-3-9)10-7-13-8-10/h9-10H,1-8,11H2. The molecule has 0 saturated carbocycles. The van der Waals surface area contributed by atoms with E-state index in [0.29, 0.717) is 0 Å². The van der Waals surface area contributed by atoms with Crippen LogP contribution in [0.4, 0.5) is 0 Å². The Morgan fingerprint density at radius 3 is 2.69 bits per heavy atom. The average molecular weight is 184 g/mol. The topological polar surface area (TPSA) is 38.5 Å². The molecule has 0 aromatic heterocycles. The Bertz CT molecular complexity index is 159. The second kappa shape index (κ2) is 4.40. The van der Waals surface area contributed by atoms with Crippen molar-refractivity contribution in [1.29, 1.82) is 0 Å². The molecule has 0 amide bonds. The van der Waals surface area contributed by atoms with Gasteiger partial charge in [-0.05, 0) is 44.8 Å². The zero-order chi connectivity index (χ0) is 9.10. The predicted octanol–water partition coefficient (Wildman–Crippen LogP) is 0.446. The van der Waals surface area contributed by atoms with Gasteiger partial charge in [-0.1, -0.05) is 0 Å². The largest absolute Gasteiger partial charge is 0.378 e. The van der Waals surface area contributed by atoms with Gasteiger partial charge in [-0.3, -0.25) is 4.90 Å². The molecule has 3 heteroatoms. The van der Waals surface area contributed by atoms with Gasteiger partial charge in [0.2, 0.25) is 0 Å². The SMILES string of the molecule is NCC1CCCN(C2COC2)CC1. The lowest BCUT2D eigenvalue weighted by Crippen LogP contribution is -2.49. The van der Waals surface area contributed by atoms with Crippen LogP contribution in [0, 0.1) is 5.92 Å². The maximum atomic E-state index is 5.70. The van der Waals surface area contributed by atoms with E-state index in [-0.39, 0.29) is 0 Å². The van der Waals surface area contributed by atoms with Crippen molar-refractivity contribution < 1.29 is 4.74 Å². The summed E-state index contributed by atoms with van der Waals surface area (Å²) in [5, 5.41) is 0. The van der Waals surface area contributed by atoms with Gasteiger partial charge in [0.1, 0.15) is 0 Å². The Labute approximate surface area is 80.2 Å². The first-order chi connectivity index (χ1) is 6.40. The van der Waals surface area contributed by atoms with Crippen LogP contribution in [-0.4, -0.2) is 43.8 Å². The summed E-state index contributed by atoms with van der Waals surface area (Å²) in [5.74, 6) is 0.769. The van der Waals surface area contributed by atoms with Gasteiger partial charge in [-0.25, -0.2) is 0 Å². The molecule has 2 rings (SSSR count). The number of nitrogens with zero attached hydrogens (tertiary/aromatic N) is 1. The van der Waals surface area contributed by atoms with Crippen LogP contribution < -0.4 is 5.73 Å². The Morgan fingerprint density at radius 2 is 2.08 bits per heavy atom. The first-order valence-corrected chi connectivity index (χ1v) is 5.42. The summed E-state index contributed by atoms with van der Waals surface area (Å²) in [6.07, 6.45) is 3.92. The summed E-state index contributed by atoms with van der Waals surface area (Å²) in [4.78, 5) is 2.58. The second-order valence-corrected chi connectivity index (χ2v) is 4.26. The fourth-order valence-corrected chi connectivity index (χ4v) is 2.22. The lowest BCUT2D eigenvalue weighted by molar-refractivity contribution is -0.0638. The fraction of sp³-hybridized carbons (Fsp3) is 1.00. The van der Waals surface area contributed by atoms with Crippen molar-refractivity contribution in [2.24, 2.45) is 11.7 Å². The highest BCUT2D eigenvalue weighted by atomic mass is 16.5. The molecule has 2 aliphatic heterocycles. The molecule has 13 heavy (non-hydrogen) atoms. The van der Waals surface area contributed by atoms with Crippen LogP contribution in [0.2, 0.25) is 0 Å². The highest BCUT2D eigenvalue weighted by Gasteiger charge is 2.27. The van der Waals surface area contributed by atoms with Crippen LogP contribution in [0.5, 0.6) is 0 Å². The van der Waals surface area contributed by atoms with Gasteiger partial charge in [-0.2, -0.15) is 0 Å². The van der Waals surface area contributed by atoms with Crippen molar-refractivity contribution >= 4 is 0 Å². The number of hydrogen-bond acceptors (Lipinski definition) is 3. The molecule has 2 N–H and O–H groups in total. The predicted molar refractivity (Wildman–Crippen MR) is 52.6 cm³/mol. The van der Waals surface area contributed by atoms with Gasteiger partial charge in [0.15, 0.2) is 0 Å². The maximum Gasteiger partial charge on any atom is 0.0645 e.